The molecule has 0 heterocycles. The van der Waals surface area contributed by atoms with E-state index in [1.807, 2.05) is 0 Å². The van der Waals surface area contributed by atoms with Crippen molar-refractivity contribution >= 4 is 142 Å². The first-order chi connectivity index (χ1) is 12.1. The Hall–Kier alpha value is 1.28. The summed E-state index contributed by atoms with van der Waals surface area (Å²) in [4.78, 5) is 119. The first-order valence-electron chi connectivity index (χ1n) is 4.29. The molecule has 0 aromatic heterocycles. The standard InChI is InChI=1S/Al.Ca.Fe.Mg.7O3Si.Zr/c;;;;7*1-4(2)3;/q+3;+2;+3;+2;7*-2;+4. The van der Waals surface area contributed by atoms with Crippen LogP contribution in [0.4, 0.5) is 0 Å². The molecular weight excluding hydrogens is 771 g/mol. The topological polar surface area (TPSA) is 442 Å². The summed E-state index contributed by atoms with van der Waals surface area (Å²) in [5.41, 5.74) is 0. The van der Waals surface area contributed by atoms with Gasteiger partial charge in [-0.2, -0.15) is 0 Å². The first kappa shape index (κ1) is 76.5. The third kappa shape index (κ3) is 19900. The molecule has 0 unspecified atom stereocenters. The van der Waals surface area contributed by atoms with Gasteiger partial charge in [-0.3, -0.25) is 0 Å². The van der Waals surface area contributed by atoms with E-state index < -0.39 is 64.2 Å². The van der Waals surface area contributed by atoms with Crippen molar-refractivity contribution in [2.75, 3.05) is 0 Å². The fourth-order valence-corrected chi connectivity index (χ4v) is 0. The van der Waals surface area contributed by atoms with E-state index in [0.717, 1.165) is 0 Å². The molecule has 0 aromatic carbocycles. The van der Waals surface area contributed by atoms with Crippen LogP contribution in [0.1, 0.15) is 0 Å². The van der Waals surface area contributed by atoms with Gasteiger partial charge in [0.1, 0.15) is 0 Å². The predicted octanol–water partition coefficient (Wildman–Crippen LogP) is -21.3. The van der Waals surface area contributed by atoms with Crippen LogP contribution in [0.3, 0.4) is 0 Å². The van der Waals surface area contributed by atoms with Gasteiger partial charge in [-0.1, -0.05) is 0 Å². The van der Waals surface area contributed by atoms with Crippen LogP contribution >= 0.6 is 0 Å². The van der Waals surface area contributed by atoms with Crippen LogP contribution < -0.4 is 67.1 Å². The van der Waals surface area contributed by atoms with Gasteiger partial charge in [-0.15, -0.1) is 0 Å². The van der Waals surface area contributed by atoms with E-state index in [4.69, 9.17) is 98.4 Å². The summed E-state index contributed by atoms with van der Waals surface area (Å²) < 4.78 is 59.6. The second-order valence-electron chi connectivity index (χ2n) is 1.75. The number of rotatable bonds is 0. The Morgan fingerprint density at radius 2 is 0.333 bits per heavy atom. The van der Waals surface area contributed by atoms with Gasteiger partial charge in [-0.05, 0) is 0 Å². The summed E-state index contributed by atoms with van der Waals surface area (Å²) in [5.74, 6) is 0. The Bertz CT molecular complexity index is 334. The van der Waals surface area contributed by atoms with Crippen molar-refractivity contribution in [2.24, 2.45) is 0 Å². The molecule has 0 atom stereocenters. The van der Waals surface area contributed by atoms with Crippen molar-refractivity contribution in [3.05, 3.63) is 0 Å². The second kappa shape index (κ2) is 69.9. The number of hydrogen-bond acceptors (Lipinski definition) is 21. The Morgan fingerprint density at radius 3 is 0.333 bits per heavy atom. The molecule has 33 heavy (non-hydrogen) atoms. The van der Waals surface area contributed by atoms with Gasteiger partial charge in [0.05, 0.1) is 0 Å². The summed E-state index contributed by atoms with van der Waals surface area (Å²) >= 11 is 0. The van der Waals surface area contributed by atoms with Gasteiger partial charge in [0, 0.05) is 64.2 Å². The molecule has 0 rings (SSSR count). The Morgan fingerprint density at radius 1 is 0.333 bits per heavy atom. The van der Waals surface area contributed by atoms with Crippen LogP contribution in [0.15, 0.2) is 0 Å². The largest absolute Gasteiger partial charge is 4.00 e. The summed E-state index contributed by atoms with van der Waals surface area (Å²) in [5, 5.41) is 0. The third-order valence-electron chi connectivity index (χ3n) is 0. The molecule has 0 saturated heterocycles. The average Bonchev–Trinajstić information content (AvgIpc) is 2.20. The summed E-state index contributed by atoms with van der Waals surface area (Å²) in [7, 11) is -25.4. The van der Waals surface area contributed by atoms with Crippen molar-refractivity contribution < 1.29 is 142 Å². The molecule has 0 aromatic rings. The normalized spacial score (nSPS) is 5.09. The SMILES string of the molecule is O=[Si]([O-])[O-].O=[Si]([O-])[O-].O=[Si]([O-])[O-].O=[Si]([O-])[O-].O=[Si]([O-])[O-].O=[Si]([O-])[O-].O=[Si]([O-])[O-].[Al+3].[Ca+2].[Fe+3].[Mg+2].[Zr+4]. The van der Waals surface area contributed by atoms with Gasteiger partial charge < -0.3 is 98.4 Å². The van der Waals surface area contributed by atoms with Crippen LogP contribution in [0.5, 0.6) is 0 Å². The van der Waals surface area contributed by atoms with Crippen LogP contribution in [0.2, 0.25) is 0 Å². The Balaban J connectivity index is -0.0000000152. The van der Waals surface area contributed by atoms with Gasteiger partial charge in [0.2, 0.25) is 0 Å². The molecule has 33 heteroatoms. The molecular formula is AlCaFeMgO21Si7Zr. The van der Waals surface area contributed by atoms with Crippen molar-refractivity contribution in [3.63, 3.8) is 0 Å². The van der Waals surface area contributed by atoms with E-state index in [1.54, 1.807) is 0 Å². The Kier molecular flexibility index (Phi) is 162. The molecule has 0 aliphatic heterocycles. The maximum absolute atomic E-state index is 8.52. The average molecular weight is 771 g/mol. The van der Waals surface area contributed by atoms with Gasteiger partial charge >= 0.3 is 121 Å². The molecule has 21 nitrogen and oxygen atoms in total. The van der Waals surface area contributed by atoms with E-state index in [9.17, 15) is 0 Å². The molecule has 0 fully saturated rings. The molecule has 0 bridgehead atoms. The van der Waals surface area contributed by atoms with E-state index >= 15 is 0 Å². The third-order valence-corrected chi connectivity index (χ3v) is 0. The molecule has 0 aliphatic carbocycles. The molecule has 173 valence electrons. The fraction of sp³-hybridized carbons (Fsp3) is 0. The van der Waals surface area contributed by atoms with Crippen LogP contribution in [0.25, 0.3) is 0 Å². The van der Waals surface area contributed by atoms with E-state index in [2.05, 4.69) is 0 Å². The predicted molar refractivity (Wildman–Crippen MR) is 62.3 cm³/mol. The van der Waals surface area contributed by atoms with Crippen molar-refractivity contribution in [3.8, 4) is 0 Å². The van der Waals surface area contributed by atoms with Crippen LogP contribution in [0, 0.1) is 0 Å². The quantitative estimate of drug-likeness (QED) is 0.206. The fourth-order valence-electron chi connectivity index (χ4n) is 0. The minimum Gasteiger partial charge on any atom is -0.672 e. The van der Waals surface area contributed by atoms with Gasteiger partial charge in [0.15, 0.2) is 0 Å². The zero-order chi connectivity index (χ0) is 25.0. The van der Waals surface area contributed by atoms with Gasteiger partial charge in [-0.25, -0.2) is 0 Å². The van der Waals surface area contributed by atoms with Crippen molar-refractivity contribution in [1.82, 2.24) is 0 Å². The molecule has 1 radical (unpaired) electrons. The minimum absolute atomic E-state index is 0. The second-order valence-corrected chi connectivity index (χ2v) is 5.25. The van der Waals surface area contributed by atoms with Crippen molar-refractivity contribution in [2.45, 2.75) is 0 Å². The van der Waals surface area contributed by atoms with Crippen molar-refractivity contribution in [1.29, 1.82) is 0 Å². The molecule has 0 amide bonds. The zero-order valence-corrected chi connectivity index (χ0v) is 30.3. The summed E-state index contributed by atoms with van der Waals surface area (Å²) in [6.07, 6.45) is 0. The zero-order valence-electron chi connectivity index (χ0n) is 14.9. The monoisotopic (exact) mass is 769 g/mol. The molecule has 0 N–H and O–H groups in total. The van der Waals surface area contributed by atoms with Crippen LogP contribution in [-0.2, 0) is 74.5 Å². The summed E-state index contributed by atoms with van der Waals surface area (Å²) in [6, 6.07) is 0. The van der Waals surface area contributed by atoms with E-state index in [1.165, 1.54) is 0 Å². The summed E-state index contributed by atoms with van der Waals surface area (Å²) in [6.45, 7) is 0. The molecule has 0 aliphatic rings. The van der Waals surface area contributed by atoms with Crippen LogP contribution in [-0.4, -0.2) is 142 Å². The maximum atomic E-state index is 8.52. The smallest absolute Gasteiger partial charge is 0.672 e. The van der Waals surface area contributed by atoms with E-state index in [-0.39, 0.29) is 121 Å². The van der Waals surface area contributed by atoms with E-state index in [0.29, 0.717) is 0 Å². The Labute approximate surface area is 280 Å². The minimum atomic E-state index is -3.63. The molecule has 0 saturated carbocycles. The maximum Gasteiger partial charge on any atom is 4.00 e. The molecule has 0 spiro atoms. The first-order valence-corrected chi connectivity index (χ1v) is 12.9. The number of hydrogen-bond donors (Lipinski definition) is 0. The van der Waals surface area contributed by atoms with Gasteiger partial charge in [0.25, 0.3) is 0 Å².